The van der Waals surface area contributed by atoms with Crippen LogP contribution in [0.1, 0.15) is 6.92 Å². The van der Waals surface area contributed by atoms with Crippen molar-refractivity contribution in [3.8, 4) is 0 Å². The molecule has 1 atom stereocenters. The highest BCUT2D eigenvalue weighted by Crippen LogP contribution is 2.01. The highest BCUT2D eigenvalue weighted by atomic mass is 33.1. The first-order valence-electron chi connectivity index (χ1n) is 1.89. The van der Waals surface area contributed by atoms with E-state index < -0.39 is 9.83 Å². The van der Waals surface area contributed by atoms with E-state index in [0.717, 1.165) is 0 Å². The Morgan fingerprint density at radius 3 is 2.43 bits per heavy atom. The lowest BCUT2D eigenvalue weighted by molar-refractivity contribution is 0.696. The second-order valence-electron chi connectivity index (χ2n) is 0.897. The summed E-state index contributed by atoms with van der Waals surface area (Å²) in [6, 6.07) is 0. The Morgan fingerprint density at radius 2 is 2.29 bits per heavy atom. The average Bonchev–Trinajstić information content (AvgIpc) is 1.68. The molecule has 0 aliphatic carbocycles. The highest BCUT2D eigenvalue weighted by Gasteiger charge is 1.81. The molecule has 3 heteroatoms. The Labute approximate surface area is 50.0 Å². The minimum absolute atomic E-state index is 0.791. The topological polar surface area (TPSA) is 17.1 Å². The van der Waals surface area contributed by atoms with Gasteiger partial charge in [0.2, 0.25) is 0 Å². The van der Waals surface area contributed by atoms with E-state index in [9.17, 15) is 4.21 Å². The van der Waals surface area contributed by atoms with E-state index in [0.29, 0.717) is 0 Å². The average molecular weight is 136 g/mol. The summed E-state index contributed by atoms with van der Waals surface area (Å²) in [6.45, 7) is 1.86. The third-order valence-corrected chi connectivity index (χ3v) is 2.55. The normalized spacial score (nSPS) is 15.1. The van der Waals surface area contributed by atoms with Gasteiger partial charge in [0, 0.05) is 5.41 Å². The lowest BCUT2D eigenvalue weighted by Gasteiger charge is -1.80. The van der Waals surface area contributed by atoms with Crippen LogP contribution in [-0.4, -0.2) is 10.5 Å². The summed E-state index contributed by atoms with van der Waals surface area (Å²) in [5.74, 6) is 0. The largest absolute Gasteiger partial charge is 0.243 e. The van der Waals surface area contributed by atoms with Gasteiger partial charge in [-0.15, -0.1) is 0 Å². The second kappa shape index (κ2) is 4.40. The molecule has 42 valence electrons. The van der Waals surface area contributed by atoms with Gasteiger partial charge in [-0.05, 0) is 13.2 Å². The van der Waals surface area contributed by atoms with Gasteiger partial charge in [0.05, 0.1) is 0 Å². The minimum atomic E-state index is -0.791. The van der Waals surface area contributed by atoms with Gasteiger partial charge in [0.25, 0.3) is 0 Å². The van der Waals surface area contributed by atoms with E-state index in [1.54, 1.807) is 11.5 Å². The summed E-state index contributed by atoms with van der Waals surface area (Å²) in [6.07, 6.45) is 3.60. The van der Waals surface area contributed by atoms with E-state index in [1.165, 1.54) is 10.8 Å². The summed E-state index contributed by atoms with van der Waals surface area (Å²) in [5.41, 5.74) is 0. The number of hydrogen-bond donors (Lipinski definition) is 0. The smallest absolute Gasteiger partial charge is 0.105 e. The molecule has 0 saturated carbocycles. The van der Waals surface area contributed by atoms with E-state index in [-0.39, 0.29) is 0 Å². The molecule has 0 spiro atoms. The van der Waals surface area contributed by atoms with Gasteiger partial charge >= 0.3 is 0 Å². The fraction of sp³-hybridized carbons (Fsp3) is 0.500. The third kappa shape index (κ3) is 4.09. The second-order valence-corrected chi connectivity index (χ2v) is 4.01. The fourth-order valence-electron chi connectivity index (χ4n) is 0.167. The van der Waals surface area contributed by atoms with Crippen LogP contribution in [0.3, 0.4) is 0 Å². The summed E-state index contributed by atoms with van der Waals surface area (Å²) in [4.78, 5) is 0. The molecule has 7 heavy (non-hydrogen) atoms. The first kappa shape index (κ1) is 7.24. The van der Waals surface area contributed by atoms with Crippen molar-refractivity contribution in [2.24, 2.45) is 0 Å². The van der Waals surface area contributed by atoms with Crippen LogP contribution in [0.4, 0.5) is 0 Å². The lowest BCUT2D eigenvalue weighted by atomic mass is 10.8. The van der Waals surface area contributed by atoms with Gasteiger partial charge in [0.1, 0.15) is 9.83 Å². The van der Waals surface area contributed by atoms with E-state index in [1.807, 2.05) is 13.2 Å². The number of allylic oxidation sites excluding steroid dienone is 1. The maximum atomic E-state index is 10.4. The third-order valence-electron chi connectivity index (χ3n) is 0.411. The Balaban J connectivity index is 3.37. The standard InChI is InChI=1S/C4H8OS2/c1-3-4-7(5)6-2/h3-4H,1-2H3/b4-3+/t7-/m0/s1. The maximum absolute atomic E-state index is 10.4. The van der Waals surface area contributed by atoms with Gasteiger partial charge in [-0.1, -0.05) is 16.9 Å². The van der Waals surface area contributed by atoms with Crippen LogP contribution < -0.4 is 0 Å². The van der Waals surface area contributed by atoms with Crippen LogP contribution in [0.25, 0.3) is 0 Å². The summed E-state index contributed by atoms with van der Waals surface area (Å²) in [5, 5.41) is 1.66. The van der Waals surface area contributed by atoms with E-state index >= 15 is 0 Å². The summed E-state index contributed by atoms with van der Waals surface area (Å²) >= 11 is 0. The predicted octanol–water partition coefficient (Wildman–Crippen LogP) is 1.55. The summed E-state index contributed by atoms with van der Waals surface area (Å²) < 4.78 is 10.4. The lowest BCUT2D eigenvalue weighted by Crippen LogP contribution is -1.68. The Bertz CT molecular complexity index is 87.7. The molecule has 0 radical (unpaired) electrons. The van der Waals surface area contributed by atoms with Crippen LogP contribution in [0.5, 0.6) is 0 Å². The van der Waals surface area contributed by atoms with E-state index in [4.69, 9.17) is 0 Å². The van der Waals surface area contributed by atoms with E-state index in [2.05, 4.69) is 0 Å². The molecule has 0 heterocycles. The minimum Gasteiger partial charge on any atom is -0.243 e. The van der Waals surface area contributed by atoms with Crippen molar-refractivity contribution in [1.29, 1.82) is 0 Å². The van der Waals surface area contributed by atoms with Crippen LogP contribution >= 0.6 is 10.8 Å². The number of rotatable bonds is 2. The molecular weight excluding hydrogens is 128 g/mol. The Kier molecular flexibility index (Phi) is 4.55. The number of hydrogen-bond acceptors (Lipinski definition) is 2. The SMILES string of the molecule is C/C=C/[S@@](=O)SC. The van der Waals surface area contributed by atoms with Crippen LogP contribution in [0.15, 0.2) is 11.5 Å². The molecule has 0 saturated heterocycles. The molecule has 0 rings (SSSR count). The molecule has 0 amide bonds. The fourth-order valence-corrected chi connectivity index (χ4v) is 1.17. The highest BCUT2D eigenvalue weighted by molar-refractivity contribution is 8.69. The molecular formula is C4H8OS2. The predicted molar refractivity (Wildman–Crippen MR) is 36.5 cm³/mol. The molecule has 0 aromatic carbocycles. The molecule has 0 fully saturated rings. The zero-order chi connectivity index (χ0) is 5.70. The van der Waals surface area contributed by atoms with Crippen molar-refractivity contribution >= 4 is 20.6 Å². The van der Waals surface area contributed by atoms with Crippen LogP contribution in [0, 0.1) is 0 Å². The molecule has 0 aliphatic heterocycles. The molecule has 0 bridgehead atoms. The molecule has 0 unspecified atom stereocenters. The molecule has 0 aliphatic rings. The zero-order valence-corrected chi connectivity index (χ0v) is 6.01. The van der Waals surface area contributed by atoms with Crippen LogP contribution in [-0.2, 0) is 9.83 Å². The molecule has 0 aromatic heterocycles. The maximum Gasteiger partial charge on any atom is 0.105 e. The van der Waals surface area contributed by atoms with Crippen molar-refractivity contribution in [1.82, 2.24) is 0 Å². The monoisotopic (exact) mass is 136 g/mol. The van der Waals surface area contributed by atoms with Crippen LogP contribution in [0.2, 0.25) is 0 Å². The molecule has 0 N–H and O–H groups in total. The van der Waals surface area contributed by atoms with Gasteiger partial charge in [-0.2, -0.15) is 0 Å². The summed E-state index contributed by atoms with van der Waals surface area (Å²) in [7, 11) is 0.544. The van der Waals surface area contributed by atoms with Gasteiger partial charge in [-0.3, -0.25) is 0 Å². The van der Waals surface area contributed by atoms with Gasteiger partial charge in [-0.25, -0.2) is 4.21 Å². The Morgan fingerprint density at radius 1 is 1.71 bits per heavy atom. The quantitative estimate of drug-likeness (QED) is 0.536. The Hall–Kier alpha value is 0.240. The van der Waals surface area contributed by atoms with Gasteiger partial charge < -0.3 is 0 Å². The first-order chi connectivity index (χ1) is 3.31. The van der Waals surface area contributed by atoms with Crippen molar-refractivity contribution in [3.05, 3.63) is 11.5 Å². The molecule has 0 aromatic rings. The molecule has 1 nitrogen and oxygen atoms in total. The first-order valence-corrected chi connectivity index (χ1v) is 4.84. The van der Waals surface area contributed by atoms with Crippen molar-refractivity contribution < 1.29 is 4.21 Å². The van der Waals surface area contributed by atoms with Crippen molar-refractivity contribution in [3.63, 3.8) is 0 Å². The van der Waals surface area contributed by atoms with Gasteiger partial charge in [0.15, 0.2) is 0 Å². The van der Waals surface area contributed by atoms with Crippen molar-refractivity contribution in [2.75, 3.05) is 6.26 Å². The zero-order valence-electron chi connectivity index (χ0n) is 4.38. The van der Waals surface area contributed by atoms with Crippen molar-refractivity contribution in [2.45, 2.75) is 6.92 Å².